The van der Waals surface area contributed by atoms with Crippen LogP contribution in [0.1, 0.15) is 10.6 Å². The van der Waals surface area contributed by atoms with Gasteiger partial charge in [0, 0.05) is 31.4 Å². The third-order valence-corrected chi connectivity index (χ3v) is 3.02. The molecular formula is C13H14N2S. The second kappa shape index (κ2) is 4.94. The summed E-state index contributed by atoms with van der Waals surface area (Å²) >= 11 is 1.64. The maximum Gasteiger partial charge on any atom is 0.116 e. The lowest BCUT2D eigenvalue weighted by Crippen LogP contribution is -2.07. The Morgan fingerprint density at radius 2 is 1.88 bits per heavy atom. The smallest absolute Gasteiger partial charge is 0.116 e. The summed E-state index contributed by atoms with van der Waals surface area (Å²) < 4.78 is 0. The molecule has 2 nitrogen and oxygen atoms in total. The van der Waals surface area contributed by atoms with Crippen molar-refractivity contribution in [3.05, 3.63) is 46.4 Å². The number of hydrogen-bond acceptors (Lipinski definition) is 3. The second-order valence-corrected chi connectivity index (χ2v) is 4.62. The van der Waals surface area contributed by atoms with E-state index < -0.39 is 0 Å². The molecule has 0 aliphatic heterocycles. The molecule has 0 fully saturated rings. The molecule has 3 heteroatoms. The van der Waals surface area contributed by atoms with E-state index in [2.05, 4.69) is 40.2 Å². The van der Waals surface area contributed by atoms with Crippen LogP contribution < -0.4 is 4.90 Å². The van der Waals surface area contributed by atoms with Crippen LogP contribution in [0.25, 0.3) is 12.2 Å². The Labute approximate surface area is 99.9 Å². The number of rotatable bonds is 3. The van der Waals surface area contributed by atoms with Crippen LogP contribution in [0.3, 0.4) is 0 Å². The minimum Gasteiger partial charge on any atom is -0.378 e. The van der Waals surface area contributed by atoms with Crippen LogP contribution >= 0.6 is 11.3 Å². The molecule has 0 N–H and O–H groups in total. The highest BCUT2D eigenvalue weighted by Crippen LogP contribution is 2.15. The van der Waals surface area contributed by atoms with Gasteiger partial charge >= 0.3 is 0 Å². The lowest BCUT2D eigenvalue weighted by molar-refractivity contribution is 1.13. The monoisotopic (exact) mass is 230 g/mol. The van der Waals surface area contributed by atoms with Gasteiger partial charge in [-0.1, -0.05) is 18.2 Å². The molecule has 2 aromatic rings. The highest BCUT2D eigenvalue weighted by Gasteiger charge is 1.94. The summed E-state index contributed by atoms with van der Waals surface area (Å²) in [6.45, 7) is 0. The zero-order chi connectivity index (χ0) is 11.4. The van der Waals surface area contributed by atoms with Crippen molar-refractivity contribution in [3.63, 3.8) is 0 Å². The average Bonchev–Trinajstić information content (AvgIpc) is 2.80. The molecule has 0 atom stereocenters. The molecule has 0 aliphatic rings. The van der Waals surface area contributed by atoms with Crippen LogP contribution in [-0.2, 0) is 0 Å². The van der Waals surface area contributed by atoms with Crippen LogP contribution in [0.5, 0.6) is 0 Å². The first-order valence-electron chi connectivity index (χ1n) is 5.11. The standard InChI is InChI=1S/C13H14N2S/c1-15(2)12-6-3-11(4-7-12)5-8-13-14-9-10-16-13/h3-10H,1-2H3/b8-5+. The molecule has 0 saturated carbocycles. The summed E-state index contributed by atoms with van der Waals surface area (Å²) in [5.41, 5.74) is 2.41. The first-order chi connectivity index (χ1) is 7.75. The van der Waals surface area contributed by atoms with Crippen LogP contribution in [0.15, 0.2) is 35.8 Å². The summed E-state index contributed by atoms with van der Waals surface area (Å²) in [5.74, 6) is 0. The van der Waals surface area contributed by atoms with E-state index in [0.717, 1.165) is 5.01 Å². The molecule has 0 radical (unpaired) electrons. The first kappa shape index (κ1) is 10.9. The van der Waals surface area contributed by atoms with Gasteiger partial charge in [-0.25, -0.2) is 4.98 Å². The molecule has 82 valence electrons. The van der Waals surface area contributed by atoms with E-state index in [4.69, 9.17) is 0 Å². The summed E-state index contributed by atoms with van der Waals surface area (Å²) in [5, 5.41) is 3.02. The average molecular weight is 230 g/mol. The van der Waals surface area contributed by atoms with Crippen LogP contribution in [0.2, 0.25) is 0 Å². The number of anilines is 1. The van der Waals surface area contributed by atoms with Crippen molar-refractivity contribution in [3.8, 4) is 0 Å². The molecule has 0 amide bonds. The van der Waals surface area contributed by atoms with Crippen molar-refractivity contribution in [2.45, 2.75) is 0 Å². The van der Waals surface area contributed by atoms with Gasteiger partial charge in [-0.05, 0) is 23.8 Å². The third kappa shape index (κ3) is 2.70. The Balaban J connectivity index is 2.11. The predicted molar refractivity (Wildman–Crippen MR) is 71.8 cm³/mol. The number of hydrogen-bond donors (Lipinski definition) is 0. The van der Waals surface area contributed by atoms with E-state index in [1.165, 1.54) is 11.3 Å². The summed E-state index contributed by atoms with van der Waals surface area (Å²) in [4.78, 5) is 6.29. The largest absolute Gasteiger partial charge is 0.378 e. The maximum atomic E-state index is 4.20. The molecule has 0 spiro atoms. The van der Waals surface area contributed by atoms with Crippen LogP contribution in [0, 0.1) is 0 Å². The number of nitrogens with zero attached hydrogens (tertiary/aromatic N) is 2. The van der Waals surface area contributed by atoms with E-state index in [-0.39, 0.29) is 0 Å². The zero-order valence-electron chi connectivity index (χ0n) is 9.42. The first-order valence-corrected chi connectivity index (χ1v) is 5.98. The minimum atomic E-state index is 1.04. The van der Waals surface area contributed by atoms with E-state index in [9.17, 15) is 0 Å². The SMILES string of the molecule is CN(C)c1ccc(/C=C/c2nccs2)cc1. The Morgan fingerprint density at radius 1 is 1.12 bits per heavy atom. The van der Waals surface area contributed by atoms with Crippen molar-refractivity contribution < 1.29 is 0 Å². The molecule has 1 aromatic heterocycles. The van der Waals surface area contributed by atoms with Gasteiger partial charge in [0.15, 0.2) is 0 Å². The van der Waals surface area contributed by atoms with E-state index in [1.807, 2.05) is 31.7 Å². The molecule has 0 unspecified atom stereocenters. The molecular weight excluding hydrogens is 216 g/mol. The van der Waals surface area contributed by atoms with Crippen molar-refractivity contribution >= 4 is 29.2 Å². The molecule has 16 heavy (non-hydrogen) atoms. The fourth-order valence-corrected chi connectivity index (χ4v) is 1.90. The van der Waals surface area contributed by atoms with Crippen molar-refractivity contribution in [2.24, 2.45) is 0 Å². The second-order valence-electron chi connectivity index (χ2n) is 3.69. The van der Waals surface area contributed by atoms with E-state index >= 15 is 0 Å². The maximum absolute atomic E-state index is 4.20. The quantitative estimate of drug-likeness (QED) is 0.803. The summed E-state index contributed by atoms with van der Waals surface area (Å²) in [6, 6.07) is 8.45. The molecule has 1 aromatic carbocycles. The Hall–Kier alpha value is -1.61. The van der Waals surface area contributed by atoms with Gasteiger partial charge in [0.1, 0.15) is 5.01 Å². The zero-order valence-corrected chi connectivity index (χ0v) is 10.2. The lowest BCUT2D eigenvalue weighted by Gasteiger charge is -2.11. The fourth-order valence-electron chi connectivity index (χ4n) is 1.37. The van der Waals surface area contributed by atoms with Crippen molar-refractivity contribution in [1.82, 2.24) is 4.98 Å². The topological polar surface area (TPSA) is 16.1 Å². The van der Waals surface area contributed by atoms with Crippen LogP contribution in [0.4, 0.5) is 5.69 Å². The van der Waals surface area contributed by atoms with Crippen molar-refractivity contribution in [1.29, 1.82) is 0 Å². The fraction of sp³-hybridized carbons (Fsp3) is 0.154. The minimum absolute atomic E-state index is 1.04. The highest BCUT2D eigenvalue weighted by molar-refractivity contribution is 7.10. The molecule has 2 rings (SSSR count). The Kier molecular flexibility index (Phi) is 3.37. The molecule has 0 saturated heterocycles. The van der Waals surface area contributed by atoms with Gasteiger partial charge in [-0.15, -0.1) is 11.3 Å². The normalized spacial score (nSPS) is 10.9. The molecule has 0 bridgehead atoms. The third-order valence-electron chi connectivity index (χ3n) is 2.28. The van der Waals surface area contributed by atoms with Gasteiger partial charge in [0.05, 0.1) is 0 Å². The van der Waals surface area contributed by atoms with E-state index in [1.54, 1.807) is 11.3 Å². The molecule has 1 heterocycles. The van der Waals surface area contributed by atoms with Crippen LogP contribution in [-0.4, -0.2) is 19.1 Å². The van der Waals surface area contributed by atoms with Gasteiger partial charge in [0.2, 0.25) is 0 Å². The Morgan fingerprint density at radius 3 is 2.44 bits per heavy atom. The Bertz CT molecular complexity index is 455. The van der Waals surface area contributed by atoms with Gasteiger partial charge < -0.3 is 4.90 Å². The summed E-state index contributed by atoms with van der Waals surface area (Å²) in [6.07, 6.45) is 5.94. The predicted octanol–water partition coefficient (Wildman–Crippen LogP) is 3.38. The van der Waals surface area contributed by atoms with E-state index in [0.29, 0.717) is 0 Å². The number of thiazole rings is 1. The van der Waals surface area contributed by atoms with Crippen molar-refractivity contribution in [2.75, 3.05) is 19.0 Å². The number of aromatic nitrogens is 1. The lowest BCUT2D eigenvalue weighted by atomic mass is 10.2. The molecule has 0 aliphatic carbocycles. The highest BCUT2D eigenvalue weighted by atomic mass is 32.1. The van der Waals surface area contributed by atoms with Gasteiger partial charge in [-0.2, -0.15) is 0 Å². The summed E-state index contributed by atoms with van der Waals surface area (Å²) in [7, 11) is 4.08. The van der Waals surface area contributed by atoms with Gasteiger partial charge in [0.25, 0.3) is 0 Å². The number of benzene rings is 1. The van der Waals surface area contributed by atoms with Gasteiger partial charge in [-0.3, -0.25) is 0 Å².